The van der Waals surface area contributed by atoms with Gasteiger partial charge in [0.25, 0.3) is 0 Å². The summed E-state index contributed by atoms with van der Waals surface area (Å²) in [5, 5.41) is 9.47. The number of aryl methyl sites for hydroxylation is 1. The van der Waals surface area contributed by atoms with Crippen molar-refractivity contribution >= 4 is 21.7 Å². The van der Waals surface area contributed by atoms with Crippen molar-refractivity contribution in [3.8, 4) is 5.75 Å². The lowest BCUT2D eigenvalue weighted by atomic mass is 10.1. The summed E-state index contributed by atoms with van der Waals surface area (Å²) >= 11 is 3.03. The molecule has 0 aliphatic carbocycles. The average Bonchev–Trinajstić information content (AvgIpc) is 2.18. The molecule has 74 valence electrons. The highest BCUT2D eigenvalue weighted by Crippen LogP contribution is 2.16. The van der Waals surface area contributed by atoms with Gasteiger partial charge in [0.1, 0.15) is 0 Å². The van der Waals surface area contributed by atoms with E-state index in [1.54, 1.807) is 13.0 Å². The number of rotatable bonds is 1. The first kappa shape index (κ1) is 10.9. The van der Waals surface area contributed by atoms with Crippen LogP contribution in [-0.4, -0.2) is 10.9 Å². The molecule has 3 nitrogen and oxygen atoms in total. The highest BCUT2D eigenvalue weighted by molar-refractivity contribution is 9.10. The Balaban J connectivity index is 3.73. The second-order valence-corrected chi connectivity index (χ2v) is 3.88. The maximum Gasteiger partial charge on any atom is 0.234 e. The Labute approximate surface area is 89.5 Å². The average molecular weight is 257 g/mol. The number of aromatic hydroxyl groups is 1. The second-order valence-electron chi connectivity index (χ2n) is 3.03. The summed E-state index contributed by atoms with van der Waals surface area (Å²) in [6, 6.07) is 3.05. The number of Topliss-reactive ketones (excluding diaryl/α,β-unsaturated/α-hetero) is 1. The third kappa shape index (κ3) is 2.01. The maximum atomic E-state index is 11.4. The number of carbonyl (C=O) groups excluding carboxylic acids is 1. The van der Waals surface area contributed by atoms with E-state index in [2.05, 4.69) is 15.9 Å². The molecule has 0 saturated heterocycles. The lowest BCUT2D eigenvalue weighted by Crippen LogP contribution is -2.02. The maximum absolute atomic E-state index is 11.4. The van der Waals surface area contributed by atoms with Gasteiger partial charge in [0.05, 0.1) is 10.0 Å². The van der Waals surface area contributed by atoms with Crippen molar-refractivity contribution in [2.24, 2.45) is 0 Å². The lowest BCUT2D eigenvalue weighted by molar-refractivity contribution is 0.101. The summed E-state index contributed by atoms with van der Waals surface area (Å²) in [7, 11) is 0. The highest BCUT2D eigenvalue weighted by atomic mass is 79.9. The van der Waals surface area contributed by atoms with Crippen LogP contribution >= 0.6 is 15.9 Å². The summed E-state index contributed by atoms with van der Waals surface area (Å²) in [4.78, 5) is 22.5. The topological polar surface area (TPSA) is 54.4 Å². The summed E-state index contributed by atoms with van der Waals surface area (Å²) in [5.41, 5.74) is 0.223. The molecule has 0 spiro atoms. The first-order chi connectivity index (χ1) is 6.43. The summed E-state index contributed by atoms with van der Waals surface area (Å²) in [6.07, 6.45) is 0. The summed E-state index contributed by atoms with van der Waals surface area (Å²) in [6.45, 7) is 3.05. The minimum Gasteiger partial charge on any atom is -0.504 e. The fraction of sp³-hybridized carbons (Fsp3) is 0.200. The molecule has 0 unspecified atom stereocenters. The Morgan fingerprint density at radius 1 is 1.43 bits per heavy atom. The van der Waals surface area contributed by atoms with E-state index in [4.69, 9.17) is 0 Å². The Bertz CT molecular complexity index is 452. The molecule has 1 N–H and O–H groups in total. The van der Waals surface area contributed by atoms with E-state index in [1.807, 2.05) is 0 Å². The van der Waals surface area contributed by atoms with Gasteiger partial charge in [-0.15, -0.1) is 0 Å². The molecule has 0 amide bonds. The molecule has 0 bridgehead atoms. The van der Waals surface area contributed by atoms with Crippen LogP contribution in [0.25, 0.3) is 0 Å². The van der Waals surface area contributed by atoms with Crippen molar-refractivity contribution in [2.75, 3.05) is 0 Å². The minimum atomic E-state index is -0.566. The molecule has 0 aliphatic rings. The van der Waals surface area contributed by atoms with Gasteiger partial charge >= 0.3 is 0 Å². The number of ketones is 1. The third-order valence-corrected chi connectivity index (χ3v) is 2.38. The van der Waals surface area contributed by atoms with Gasteiger partial charge in [-0.1, -0.05) is 0 Å². The van der Waals surface area contributed by atoms with Crippen LogP contribution in [0.2, 0.25) is 0 Å². The summed E-state index contributed by atoms with van der Waals surface area (Å²) in [5.74, 6) is -0.830. The number of carbonyl (C=O) groups is 1. The molecule has 0 radical (unpaired) electrons. The predicted molar refractivity (Wildman–Crippen MR) is 56.8 cm³/mol. The molecule has 0 aliphatic heterocycles. The van der Waals surface area contributed by atoms with Crippen LogP contribution in [-0.2, 0) is 0 Å². The zero-order valence-electron chi connectivity index (χ0n) is 7.80. The van der Waals surface area contributed by atoms with E-state index >= 15 is 0 Å². The molecular weight excluding hydrogens is 248 g/mol. The molecule has 1 aromatic carbocycles. The van der Waals surface area contributed by atoms with Gasteiger partial charge in [-0.3, -0.25) is 9.59 Å². The molecule has 0 saturated carbocycles. The fourth-order valence-electron chi connectivity index (χ4n) is 1.11. The normalized spacial score (nSPS) is 9.93. The van der Waals surface area contributed by atoms with Crippen molar-refractivity contribution in [3.63, 3.8) is 0 Å². The van der Waals surface area contributed by atoms with Gasteiger partial charge < -0.3 is 5.11 Å². The number of halogens is 1. The van der Waals surface area contributed by atoms with Crippen LogP contribution in [0.3, 0.4) is 0 Å². The van der Waals surface area contributed by atoms with Crippen molar-refractivity contribution < 1.29 is 9.90 Å². The van der Waals surface area contributed by atoms with Gasteiger partial charge in [-0.2, -0.15) is 0 Å². The number of hydrogen-bond donors (Lipinski definition) is 1. The Kier molecular flexibility index (Phi) is 3.06. The first-order valence-corrected chi connectivity index (χ1v) is 4.77. The zero-order valence-corrected chi connectivity index (χ0v) is 9.38. The summed E-state index contributed by atoms with van der Waals surface area (Å²) < 4.78 is 0.250. The van der Waals surface area contributed by atoms with Crippen molar-refractivity contribution in [2.45, 2.75) is 13.8 Å². The Morgan fingerprint density at radius 2 is 2.00 bits per heavy atom. The van der Waals surface area contributed by atoms with Crippen LogP contribution in [0, 0.1) is 6.92 Å². The van der Waals surface area contributed by atoms with E-state index in [-0.39, 0.29) is 15.8 Å². The van der Waals surface area contributed by atoms with Crippen LogP contribution in [0.4, 0.5) is 0 Å². The smallest absolute Gasteiger partial charge is 0.234 e. The van der Waals surface area contributed by atoms with E-state index in [9.17, 15) is 14.7 Å². The van der Waals surface area contributed by atoms with Crippen LogP contribution in [0.5, 0.6) is 5.75 Å². The molecule has 14 heavy (non-hydrogen) atoms. The third-order valence-electron chi connectivity index (χ3n) is 1.79. The van der Waals surface area contributed by atoms with E-state index in [0.717, 1.165) is 5.56 Å². The second kappa shape index (κ2) is 3.92. The van der Waals surface area contributed by atoms with Crippen LogP contribution < -0.4 is 5.43 Å². The Morgan fingerprint density at radius 3 is 2.50 bits per heavy atom. The quantitative estimate of drug-likeness (QED) is 0.783. The molecule has 0 fully saturated rings. The molecule has 4 heteroatoms. The SMILES string of the molecule is CC(=O)c1cc(C)cc(Br)c(=O)c1O. The minimum absolute atomic E-state index is 0.0539. The van der Waals surface area contributed by atoms with Gasteiger partial charge in [0, 0.05) is 0 Å². The molecular formula is C10H9BrO3. The van der Waals surface area contributed by atoms with E-state index in [0.29, 0.717) is 0 Å². The standard InChI is InChI=1S/C10H9BrO3/c1-5-3-7(6(2)12)9(13)10(14)8(11)4-5/h3-4H,1-2H3,(H,13,14). The van der Waals surface area contributed by atoms with Gasteiger partial charge in [-0.05, 0) is 47.5 Å². The monoisotopic (exact) mass is 256 g/mol. The predicted octanol–water partition coefficient (Wildman–Crippen LogP) is 2.03. The molecule has 1 rings (SSSR count). The van der Waals surface area contributed by atoms with Gasteiger partial charge in [0.15, 0.2) is 11.5 Å². The fourth-order valence-corrected chi connectivity index (χ4v) is 1.66. The van der Waals surface area contributed by atoms with Crippen LogP contribution in [0.15, 0.2) is 21.4 Å². The lowest BCUT2D eigenvalue weighted by Gasteiger charge is -1.93. The van der Waals surface area contributed by atoms with E-state index < -0.39 is 11.2 Å². The molecule has 0 heterocycles. The first-order valence-electron chi connectivity index (χ1n) is 3.98. The van der Waals surface area contributed by atoms with E-state index in [1.165, 1.54) is 13.0 Å². The van der Waals surface area contributed by atoms with Gasteiger partial charge in [0.2, 0.25) is 5.43 Å². The van der Waals surface area contributed by atoms with Crippen molar-refractivity contribution in [1.82, 2.24) is 0 Å². The molecule has 0 atom stereocenters. The van der Waals surface area contributed by atoms with Crippen molar-refractivity contribution in [3.05, 3.63) is 38.0 Å². The Hall–Kier alpha value is -1.16. The molecule has 1 aromatic rings. The van der Waals surface area contributed by atoms with Crippen LogP contribution in [0.1, 0.15) is 22.8 Å². The number of hydrogen-bond acceptors (Lipinski definition) is 3. The molecule has 0 aromatic heterocycles. The highest BCUT2D eigenvalue weighted by Gasteiger charge is 2.10. The largest absolute Gasteiger partial charge is 0.504 e. The zero-order chi connectivity index (χ0) is 10.9. The van der Waals surface area contributed by atoms with Crippen molar-refractivity contribution in [1.29, 1.82) is 0 Å². The van der Waals surface area contributed by atoms with Gasteiger partial charge in [-0.25, -0.2) is 0 Å².